The Morgan fingerprint density at radius 2 is 1.83 bits per heavy atom. The molecule has 160 valence electrons. The van der Waals surface area contributed by atoms with Crippen LogP contribution in [-0.4, -0.2) is 36.7 Å². The first-order chi connectivity index (χ1) is 14.0. The minimum absolute atomic E-state index is 0.0250. The van der Waals surface area contributed by atoms with Gasteiger partial charge < -0.3 is 9.88 Å². The van der Waals surface area contributed by atoms with Crippen molar-refractivity contribution < 1.29 is 13.2 Å². The highest BCUT2D eigenvalue weighted by Crippen LogP contribution is 2.29. The lowest BCUT2D eigenvalue weighted by atomic mass is 9.84. The minimum atomic E-state index is -3.30. The van der Waals surface area contributed by atoms with Gasteiger partial charge in [-0.25, -0.2) is 13.4 Å². The molecule has 3 aromatic rings. The van der Waals surface area contributed by atoms with Gasteiger partial charge in [-0.1, -0.05) is 55.2 Å². The van der Waals surface area contributed by atoms with Crippen LogP contribution in [0.25, 0.3) is 11.0 Å². The van der Waals surface area contributed by atoms with Crippen molar-refractivity contribution in [1.82, 2.24) is 14.9 Å². The van der Waals surface area contributed by atoms with Gasteiger partial charge in [0.25, 0.3) is 0 Å². The zero-order valence-electron chi connectivity index (χ0n) is 16.9. The Morgan fingerprint density at radius 3 is 2.50 bits per heavy atom. The molecule has 1 amide bonds. The molecule has 0 atom stereocenters. The summed E-state index contributed by atoms with van der Waals surface area (Å²) >= 11 is 12.1. The highest BCUT2D eigenvalue weighted by atomic mass is 35.5. The van der Waals surface area contributed by atoms with Gasteiger partial charge in [-0.2, -0.15) is 0 Å². The van der Waals surface area contributed by atoms with Crippen LogP contribution in [0.2, 0.25) is 10.0 Å². The van der Waals surface area contributed by atoms with E-state index in [4.69, 9.17) is 23.2 Å². The molecule has 0 radical (unpaired) electrons. The number of aromatic nitrogens is 2. The van der Waals surface area contributed by atoms with E-state index in [1.165, 1.54) is 0 Å². The number of para-hydroxylation sites is 2. The minimum Gasteiger partial charge on any atom is -0.354 e. The van der Waals surface area contributed by atoms with E-state index in [9.17, 15) is 13.2 Å². The lowest BCUT2D eigenvalue weighted by molar-refractivity contribution is -0.121. The molecule has 6 nitrogen and oxygen atoms in total. The summed E-state index contributed by atoms with van der Waals surface area (Å²) < 4.78 is 25.3. The Bertz CT molecular complexity index is 1200. The fourth-order valence-corrected chi connectivity index (χ4v) is 4.17. The summed E-state index contributed by atoms with van der Waals surface area (Å²) in [6, 6.07) is 12.7. The van der Waals surface area contributed by atoms with E-state index in [2.05, 4.69) is 10.3 Å². The molecule has 0 aliphatic heterocycles. The molecule has 1 aromatic heterocycles. The number of rotatable bonds is 7. The van der Waals surface area contributed by atoms with Gasteiger partial charge in [0.15, 0.2) is 9.84 Å². The summed E-state index contributed by atoms with van der Waals surface area (Å²) in [5.74, 6) is -0.123. The zero-order valence-corrected chi connectivity index (χ0v) is 19.3. The van der Waals surface area contributed by atoms with Crippen LogP contribution in [0.15, 0.2) is 42.5 Å². The highest BCUT2D eigenvalue weighted by Gasteiger charge is 2.23. The van der Waals surface area contributed by atoms with Gasteiger partial charge in [0, 0.05) is 18.2 Å². The maximum Gasteiger partial charge on any atom is 0.240 e. The summed E-state index contributed by atoms with van der Waals surface area (Å²) in [6.45, 7) is 4.34. The van der Waals surface area contributed by atoms with Gasteiger partial charge in [0.05, 0.1) is 21.1 Å². The van der Waals surface area contributed by atoms with Gasteiger partial charge >= 0.3 is 0 Å². The second-order valence-electron chi connectivity index (χ2n) is 7.96. The summed E-state index contributed by atoms with van der Waals surface area (Å²) in [5.41, 5.74) is 1.94. The molecule has 0 spiro atoms. The lowest BCUT2D eigenvalue weighted by Crippen LogP contribution is -2.38. The normalized spacial score (nSPS) is 12.3. The first-order valence-corrected chi connectivity index (χ1v) is 12.1. The molecule has 30 heavy (non-hydrogen) atoms. The summed E-state index contributed by atoms with van der Waals surface area (Å²) in [4.78, 5) is 17.1. The van der Waals surface area contributed by atoms with Gasteiger partial charge in [-0.3, -0.25) is 4.79 Å². The zero-order chi connectivity index (χ0) is 22.1. The smallest absolute Gasteiger partial charge is 0.240 e. The van der Waals surface area contributed by atoms with Gasteiger partial charge in [0.2, 0.25) is 5.91 Å². The number of fused-ring (bicyclic) bond motifs is 1. The molecule has 0 unspecified atom stereocenters. The van der Waals surface area contributed by atoms with Crippen molar-refractivity contribution in [2.75, 3.05) is 12.8 Å². The predicted molar refractivity (Wildman–Crippen MR) is 121 cm³/mol. The largest absolute Gasteiger partial charge is 0.354 e. The van der Waals surface area contributed by atoms with Crippen molar-refractivity contribution in [3.8, 4) is 0 Å². The molecule has 0 bridgehead atoms. The molecule has 3 rings (SSSR count). The van der Waals surface area contributed by atoms with E-state index < -0.39 is 9.84 Å². The van der Waals surface area contributed by atoms with E-state index in [-0.39, 0.29) is 23.6 Å². The molecule has 1 N–H and O–H groups in total. The average Bonchev–Trinajstić information content (AvgIpc) is 2.98. The van der Waals surface area contributed by atoms with Crippen molar-refractivity contribution in [2.24, 2.45) is 0 Å². The molecule has 0 aliphatic carbocycles. The Hall–Kier alpha value is -2.09. The number of hydrogen-bond acceptors (Lipinski definition) is 4. The average molecular weight is 468 g/mol. The second-order valence-corrected chi connectivity index (χ2v) is 10.9. The van der Waals surface area contributed by atoms with E-state index in [1.54, 1.807) is 22.8 Å². The van der Waals surface area contributed by atoms with Crippen LogP contribution in [-0.2, 0) is 32.3 Å². The molecular formula is C21H23Cl2N3O3S. The number of nitrogens with zero attached hydrogens (tertiary/aromatic N) is 2. The molecule has 0 saturated carbocycles. The molecule has 2 aromatic carbocycles. The molecular weight excluding hydrogens is 445 g/mol. The quantitative estimate of drug-likeness (QED) is 0.569. The molecule has 9 heteroatoms. The number of imidazole rings is 1. The molecule has 0 saturated heterocycles. The summed E-state index contributed by atoms with van der Waals surface area (Å²) in [5, 5.41) is 3.87. The van der Waals surface area contributed by atoms with E-state index in [1.807, 2.05) is 38.1 Å². The Morgan fingerprint density at radius 1 is 1.13 bits per heavy atom. The fourth-order valence-electron chi connectivity index (χ4n) is 3.18. The maximum atomic E-state index is 12.7. The van der Waals surface area contributed by atoms with Crippen LogP contribution in [0.1, 0.15) is 25.2 Å². The van der Waals surface area contributed by atoms with Crippen LogP contribution in [0, 0.1) is 0 Å². The number of halogens is 2. The van der Waals surface area contributed by atoms with Crippen LogP contribution in [0.5, 0.6) is 0 Å². The molecule has 0 aliphatic rings. The Balaban J connectivity index is 1.78. The van der Waals surface area contributed by atoms with Crippen molar-refractivity contribution in [2.45, 2.75) is 31.6 Å². The number of sulfone groups is 1. The van der Waals surface area contributed by atoms with Crippen LogP contribution < -0.4 is 5.32 Å². The summed E-state index contributed by atoms with van der Waals surface area (Å²) in [7, 11) is -3.30. The second kappa shape index (κ2) is 8.57. The third-order valence-corrected chi connectivity index (χ3v) is 6.38. The SMILES string of the molecule is CC(C)(CNC(=O)Cn1c(CS(C)(=O)=O)nc2ccccc21)c1ccc(Cl)c(Cl)c1. The van der Waals surface area contributed by atoms with E-state index in [0.29, 0.717) is 27.9 Å². The molecule has 0 fully saturated rings. The lowest BCUT2D eigenvalue weighted by Gasteiger charge is -2.26. The van der Waals surface area contributed by atoms with E-state index in [0.717, 1.165) is 17.3 Å². The Labute approximate surface area is 186 Å². The standard InChI is InChI=1S/C21H23Cl2N3O3S/c1-21(2,14-8-9-15(22)16(23)10-14)13-24-20(27)11-26-18-7-5-4-6-17(18)25-19(26)12-30(3,28)29/h4-10H,11-13H2,1-3H3,(H,24,27). The number of benzene rings is 2. The van der Waals surface area contributed by atoms with Gasteiger partial charge in [0.1, 0.15) is 18.1 Å². The number of hydrogen-bond donors (Lipinski definition) is 1. The number of carbonyl (C=O) groups is 1. The summed E-state index contributed by atoms with van der Waals surface area (Å²) in [6.07, 6.45) is 1.15. The fraction of sp³-hybridized carbons (Fsp3) is 0.333. The van der Waals surface area contributed by atoms with Crippen LogP contribution in [0.4, 0.5) is 0 Å². The topological polar surface area (TPSA) is 81.1 Å². The van der Waals surface area contributed by atoms with E-state index >= 15 is 0 Å². The maximum absolute atomic E-state index is 12.7. The Kier molecular flexibility index (Phi) is 6.45. The monoisotopic (exact) mass is 467 g/mol. The number of amides is 1. The first-order valence-electron chi connectivity index (χ1n) is 9.30. The van der Waals surface area contributed by atoms with Crippen molar-refractivity contribution in [3.05, 3.63) is 63.9 Å². The van der Waals surface area contributed by atoms with Crippen LogP contribution in [0.3, 0.4) is 0 Å². The van der Waals surface area contributed by atoms with Crippen molar-refractivity contribution in [1.29, 1.82) is 0 Å². The van der Waals surface area contributed by atoms with Crippen LogP contribution >= 0.6 is 23.2 Å². The van der Waals surface area contributed by atoms with Gasteiger partial charge in [-0.15, -0.1) is 0 Å². The highest BCUT2D eigenvalue weighted by molar-refractivity contribution is 7.89. The predicted octanol–water partition coefficient (Wildman–Crippen LogP) is 3.98. The third-order valence-electron chi connectivity index (χ3n) is 4.86. The molecule has 1 heterocycles. The van der Waals surface area contributed by atoms with Crippen molar-refractivity contribution >= 4 is 50.0 Å². The third kappa shape index (κ3) is 5.33. The number of carbonyl (C=O) groups excluding carboxylic acids is 1. The van der Waals surface area contributed by atoms with Crippen molar-refractivity contribution in [3.63, 3.8) is 0 Å². The van der Waals surface area contributed by atoms with Gasteiger partial charge in [-0.05, 0) is 29.8 Å². The first kappa shape index (κ1) is 22.6. The number of nitrogens with one attached hydrogen (secondary N) is 1.